The molecule has 0 aliphatic carbocycles. The summed E-state index contributed by atoms with van der Waals surface area (Å²) in [4.78, 5) is 37.9. The SMILES string of the molecule is CC(C)(C)C(=O)Nc1ccc2c(c1)N(Cc1cnc[nH]1)CCN(C(=O)c1cccc3ccccc13)C2.Cl.Cl. The van der Waals surface area contributed by atoms with E-state index in [-0.39, 0.29) is 36.6 Å². The molecule has 1 aliphatic heterocycles. The number of hydrogen-bond donors (Lipinski definition) is 2. The van der Waals surface area contributed by atoms with E-state index in [0.717, 1.165) is 33.4 Å². The maximum absolute atomic E-state index is 13.8. The molecule has 200 valence electrons. The summed E-state index contributed by atoms with van der Waals surface area (Å²) in [6.07, 6.45) is 3.49. The van der Waals surface area contributed by atoms with Crippen LogP contribution < -0.4 is 10.2 Å². The van der Waals surface area contributed by atoms with Crippen LogP contribution >= 0.6 is 24.8 Å². The second-order valence-electron chi connectivity index (χ2n) is 10.3. The van der Waals surface area contributed by atoms with Gasteiger partial charge in [0.05, 0.1) is 18.6 Å². The number of aromatic nitrogens is 2. The predicted molar refractivity (Wildman–Crippen MR) is 157 cm³/mol. The maximum Gasteiger partial charge on any atom is 0.254 e. The topological polar surface area (TPSA) is 81.3 Å². The summed E-state index contributed by atoms with van der Waals surface area (Å²) in [5.41, 5.74) is 3.99. The summed E-state index contributed by atoms with van der Waals surface area (Å²) in [6.45, 7) is 8.03. The second kappa shape index (κ2) is 11.9. The highest BCUT2D eigenvalue weighted by molar-refractivity contribution is 6.07. The molecular weight excluding hydrogens is 521 g/mol. The minimum atomic E-state index is -0.496. The van der Waals surface area contributed by atoms with Crippen molar-refractivity contribution in [1.82, 2.24) is 14.9 Å². The number of benzene rings is 3. The van der Waals surface area contributed by atoms with Gasteiger partial charge in [-0.1, -0.05) is 63.2 Å². The fraction of sp³-hybridized carbons (Fsp3) is 0.276. The number of amides is 2. The number of hydrogen-bond acceptors (Lipinski definition) is 4. The lowest BCUT2D eigenvalue weighted by atomic mass is 9.95. The first-order valence-corrected chi connectivity index (χ1v) is 12.2. The standard InChI is InChI=1S/C29H31N5O2.2ClH/c1-29(2,3)28(36)32-22-12-11-21-17-34(14-13-33(26(21)15-22)18-23-16-30-19-31-23)27(35)25-10-6-8-20-7-4-5-9-24(20)25;;/h4-12,15-16,19H,13-14,17-18H2,1-3H3,(H,30,31)(H,32,36);2*1H. The second-order valence-corrected chi connectivity index (χ2v) is 10.3. The fourth-order valence-corrected chi connectivity index (χ4v) is 4.53. The summed E-state index contributed by atoms with van der Waals surface area (Å²) in [6, 6.07) is 19.8. The van der Waals surface area contributed by atoms with Gasteiger partial charge in [-0.15, -0.1) is 24.8 Å². The average Bonchev–Trinajstić information content (AvgIpc) is 3.31. The highest BCUT2D eigenvalue weighted by Crippen LogP contribution is 2.31. The van der Waals surface area contributed by atoms with Crippen molar-refractivity contribution in [3.05, 3.63) is 90.0 Å². The van der Waals surface area contributed by atoms with Crippen LogP contribution in [0.3, 0.4) is 0 Å². The molecule has 7 nitrogen and oxygen atoms in total. The molecule has 0 spiro atoms. The van der Waals surface area contributed by atoms with Crippen molar-refractivity contribution >= 4 is 58.8 Å². The van der Waals surface area contributed by atoms with Gasteiger partial charge < -0.3 is 20.1 Å². The summed E-state index contributed by atoms with van der Waals surface area (Å²) in [5.74, 6) is -0.0183. The minimum Gasteiger partial charge on any atom is -0.364 e. The molecule has 1 aliphatic rings. The monoisotopic (exact) mass is 553 g/mol. The van der Waals surface area contributed by atoms with Crippen LogP contribution in [-0.2, 0) is 17.9 Å². The Balaban J connectivity index is 0.00000200. The van der Waals surface area contributed by atoms with Gasteiger partial charge in [0.2, 0.25) is 5.91 Å². The Morgan fingerprint density at radius 1 is 1.00 bits per heavy atom. The summed E-state index contributed by atoms with van der Waals surface area (Å²) in [7, 11) is 0. The molecule has 4 aromatic rings. The third-order valence-corrected chi connectivity index (χ3v) is 6.59. The van der Waals surface area contributed by atoms with Gasteiger partial charge in [0.15, 0.2) is 0 Å². The molecule has 0 bridgehead atoms. The lowest BCUT2D eigenvalue weighted by Gasteiger charge is -2.25. The van der Waals surface area contributed by atoms with Crippen LogP contribution in [0.1, 0.15) is 42.4 Å². The van der Waals surface area contributed by atoms with Gasteiger partial charge in [0.1, 0.15) is 0 Å². The van der Waals surface area contributed by atoms with Crippen LogP contribution in [0.4, 0.5) is 11.4 Å². The van der Waals surface area contributed by atoms with Crippen LogP contribution in [0.15, 0.2) is 73.2 Å². The number of halogens is 2. The zero-order valence-electron chi connectivity index (χ0n) is 21.7. The summed E-state index contributed by atoms with van der Waals surface area (Å²) in [5, 5.41) is 5.06. The fourth-order valence-electron chi connectivity index (χ4n) is 4.53. The Morgan fingerprint density at radius 3 is 2.50 bits per heavy atom. The first kappa shape index (κ1) is 29.0. The van der Waals surface area contributed by atoms with Crippen molar-refractivity contribution in [2.24, 2.45) is 5.41 Å². The van der Waals surface area contributed by atoms with Crippen molar-refractivity contribution in [3.8, 4) is 0 Å². The lowest BCUT2D eigenvalue weighted by molar-refractivity contribution is -0.123. The van der Waals surface area contributed by atoms with E-state index >= 15 is 0 Å². The molecule has 0 atom stereocenters. The van der Waals surface area contributed by atoms with Crippen LogP contribution in [0.2, 0.25) is 0 Å². The number of fused-ring (bicyclic) bond motifs is 2. The highest BCUT2D eigenvalue weighted by atomic mass is 35.5. The van der Waals surface area contributed by atoms with E-state index in [9.17, 15) is 9.59 Å². The molecule has 3 aromatic carbocycles. The minimum absolute atomic E-state index is 0. The van der Waals surface area contributed by atoms with Gasteiger partial charge in [-0.05, 0) is 34.5 Å². The quantitative estimate of drug-likeness (QED) is 0.322. The largest absolute Gasteiger partial charge is 0.364 e. The Labute approximate surface area is 235 Å². The first-order valence-electron chi connectivity index (χ1n) is 12.2. The number of anilines is 2. The Morgan fingerprint density at radius 2 is 1.76 bits per heavy atom. The molecule has 0 fully saturated rings. The first-order chi connectivity index (χ1) is 17.3. The van der Waals surface area contributed by atoms with E-state index in [2.05, 4.69) is 20.2 Å². The predicted octanol–water partition coefficient (Wildman–Crippen LogP) is 6.05. The van der Waals surface area contributed by atoms with Gasteiger partial charge >= 0.3 is 0 Å². The van der Waals surface area contributed by atoms with Crippen LogP contribution in [0.25, 0.3) is 10.8 Å². The van der Waals surface area contributed by atoms with E-state index in [1.165, 1.54) is 0 Å². The van der Waals surface area contributed by atoms with E-state index in [4.69, 9.17) is 0 Å². The van der Waals surface area contributed by atoms with Crippen molar-refractivity contribution in [2.45, 2.75) is 33.9 Å². The summed E-state index contributed by atoms with van der Waals surface area (Å²) < 4.78 is 0. The van der Waals surface area contributed by atoms with Crippen LogP contribution in [-0.4, -0.2) is 39.8 Å². The molecule has 0 saturated heterocycles. The maximum atomic E-state index is 13.8. The number of H-pyrrole nitrogens is 1. The van der Waals surface area contributed by atoms with E-state index < -0.39 is 5.41 Å². The molecule has 2 amide bonds. The number of aromatic amines is 1. The Hall–Kier alpha value is -3.55. The number of imidazole rings is 1. The van der Waals surface area contributed by atoms with Gasteiger partial charge in [0.25, 0.3) is 5.91 Å². The Bertz CT molecular complexity index is 1410. The van der Waals surface area contributed by atoms with E-state index in [1.807, 2.05) is 92.5 Å². The number of carbonyl (C=O) groups is 2. The van der Waals surface area contributed by atoms with Crippen LogP contribution in [0.5, 0.6) is 0 Å². The number of nitrogens with one attached hydrogen (secondary N) is 2. The molecule has 0 saturated carbocycles. The number of rotatable bonds is 4. The third kappa shape index (κ3) is 6.11. The van der Waals surface area contributed by atoms with Gasteiger partial charge in [0, 0.05) is 48.2 Å². The van der Waals surface area contributed by atoms with Crippen molar-refractivity contribution in [1.29, 1.82) is 0 Å². The highest BCUT2D eigenvalue weighted by Gasteiger charge is 2.26. The number of nitrogens with zero attached hydrogens (tertiary/aromatic N) is 3. The third-order valence-electron chi connectivity index (χ3n) is 6.59. The van der Waals surface area contributed by atoms with Crippen molar-refractivity contribution in [3.63, 3.8) is 0 Å². The van der Waals surface area contributed by atoms with E-state index in [0.29, 0.717) is 31.7 Å². The zero-order chi connectivity index (χ0) is 25.3. The summed E-state index contributed by atoms with van der Waals surface area (Å²) >= 11 is 0. The number of carbonyl (C=O) groups excluding carboxylic acids is 2. The van der Waals surface area contributed by atoms with Crippen LogP contribution in [0, 0.1) is 5.41 Å². The smallest absolute Gasteiger partial charge is 0.254 e. The molecule has 5 rings (SSSR count). The Kier molecular flexibility index (Phi) is 9.07. The molecule has 38 heavy (non-hydrogen) atoms. The van der Waals surface area contributed by atoms with Crippen molar-refractivity contribution in [2.75, 3.05) is 23.3 Å². The molecule has 1 aromatic heterocycles. The molecule has 2 N–H and O–H groups in total. The molecule has 0 unspecified atom stereocenters. The molecule has 9 heteroatoms. The van der Waals surface area contributed by atoms with Gasteiger partial charge in [-0.3, -0.25) is 9.59 Å². The molecular formula is C29H33Cl2N5O2. The average molecular weight is 555 g/mol. The molecule has 2 heterocycles. The van der Waals surface area contributed by atoms with Gasteiger partial charge in [-0.25, -0.2) is 4.98 Å². The van der Waals surface area contributed by atoms with Crippen molar-refractivity contribution < 1.29 is 9.59 Å². The molecule has 0 radical (unpaired) electrons. The van der Waals surface area contributed by atoms with Gasteiger partial charge in [-0.2, -0.15) is 0 Å². The normalized spacial score (nSPS) is 13.1. The zero-order valence-corrected chi connectivity index (χ0v) is 23.4. The lowest BCUT2D eigenvalue weighted by Crippen LogP contribution is -2.35. The van der Waals surface area contributed by atoms with E-state index in [1.54, 1.807) is 6.33 Å².